The van der Waals surface area contributed by atoms with Crippen LogP contribution in [-0.4, -0.2) is 46.2 Å². The number of fused-ring (bicyclic) bond motifs is 1. The molecule has 1 atom stereocenters. The second-order valence-electron chi connectivity index (χ2n) is 8.72. The van der Waals surface area contributed by atoms with Gasteiger partial charge < -0.3 is 14.2 Å². The lowest BCUT2D eigenvalue weighted by molar-refractivity contribution is -0.135. The predicted molar refractivity (Wildman–Crippen MR) is 120 cm³/mol. The summed E-state index contributed by atoms with van der Waals surface area (Å²) in [7, 11) is 0. The Kier molecular flexibility index (Phi) is 5.75. The maximum atomic E-state index is 13.6. The van der Waals surface area contributed by atoms with E-state index in [4.69, 9.17) is 4.42 Å². The number of hydrogen-bond donors (Lipinski definition) is 0. The average molecular weight is 430 g/mol. The maximum absolute atomic E-state index is 13.6. The molecule has 0 N–H and O–H groups in total. The highest BCUT2D eigenvalue weighted by molar-refractivity contribution is 5.93. The fourth-order valence-corrected chi connectivity index (χ4v) is 4.91. The molecule has 0 saturated carbocycles. The van der Waals surface area contributed by atoms with Gasteiger partial charge in [-0.25, -0.2) is 0 Å². The largest absolute Gasteiger partial charge is 0.459 e. The summed E-state index contributed by atoms with van der Waals surface area (Å²) in [4.78, 5) is 34.7. The molecule has 32 heavy (non-hydrogen) atoms. The lowest BCUT2D eigenvalue weighted by Gasteiger charge is -2.38. The van der Waals surface area contributed by atoms with E-state index < -0.39 is 5.92 Å². The monoisotopic (exact) mass is 429 g/mol. The Hall–Kier alpha value is -3.41. The Balaban J connectivity index is 1.29. The van der Waals surface area contributed by atoms with E-state index >= 15 is 0 Å². The second-order valence-corrected chi connectivity index (χ2v) is 8.72. The number of hydrogen-bond acceptors (Lipinski definition) is 4. The molecule has 4 heterocycles. The van der Waals surface area contributed by atoms with Crippen LogP contribution in [0, 0.1) is 5.92 Å². The predicted octanol–water partition coefficient (Wildman–Crippen LogP) is 3.90. The Labute approximate surface area is 187 Å². The molecule has 6 heteroatoms. The summed E-state index contributed by atoms with van der Waals surface area (Å²) < 4.78 is 5.31. The van der Waals surface area contributed by atoms with Gasteiger partial charge in [0, 0.05) is 32.4 Å². The lowest BCUT2D eigenvalue weighted by atomic mass is 9.88. The number of aromatic nitrogens is 1. The molecule has 0 radical (unpaired) electrons. The lowest BCUT2D eigenvalue weighted by Crippen LogP contribution is -2.47. The minimum Gasteiger partial charge on any atom is -0.459 e. The standard InChI is InChI=1S/C26H27N3O3/c30-25(28-13-10-20(11-14-28)16-19-6-2-1-3-7-19)22-18-29(26(31)23-9-5-15-32-23)17-21-8-4-12-27-24(21)22/h1-9,12,15,20,22H,10-11,13-14,16-18H2. The van der Waals surface area contributed by atoms with Gasteiger partial charge in [0.2, 0.25) is 5.91 Å². The quantitative estimate of drug-likeness (QED) is 0.631. The van der Waals surface area contributed by atoms with Crippen molar-refractivity contribution in [1.29, 1.82) is 0 Å². The molecule has 3 aromatic rings. The maximum Gasteiger partial charge on any atom is 0.289 e. The minimum absolute atomic E-state index is 0.0695. The third-order valence-electron chi connectivity index (χ3n) is 6.63. The Morgan fingerprint density at radius 1 is 0.969 bits per heavy atom. The number of carbonyl (C=O) groups is 2. The van der Waals surface area contributed by atoms with Crippen LogP contribution in [0.3, 0.4) is 0 Å². The van der Waals surface area contributed by atoms with Crippen molar-refractivity contribution in [2.75, 3.05) is 19.6 Å². The van der Waals surface area contributed by atoms with Crippen molar-refractivity contribution in [3.63, 3.8) is 0 Å². The number of nitrogens with zero attached hydrogens (tertiary/aromatic N) is 3. The average Bonchev–Trinajstić information content (AvgIpc) is 3.39. The van der Waals surface area contributed by atoms with Crippen LogP contribution in [0.15, 0.2) is 71.5 Å². The Bertz CT molecular complexity index is 1070. The smallest absolute Gasteiger partial charge is 0.289 e. The topological polar surface area (TPSA) is 66.7 Å². The van der Waals surface area contributed by atoms with E-state index in [2.05, 4.69) is 29.2 Å². The molecule has 1 unspecified atom stereocenters. The molecule has 0 spiro atoms. The van der Waals surface area contributed by atoms with Crippen LogP contribution in [-0.2, 0) is 17.8 Å². The van der Waals surface area contributed by atoms with Crippen molar-refractivity contribution in [3.8, 4) is 0 Å². The van der Waals surface area contributed by atoms with E-state index in [1.807, 2.05) is 23.1 Å². The molecule has 2 amide bonds. The highest BCUT2D eigenvalue weighted by Crippen LogP contribution is 2.31. The molecule has 0 aliphatic carbocycles. The first-order valence-electron chi connectivity index (χ1n) is 11.3. The first-order valence-corrected chi connectivity index (χ1v) is 11.3. The Morgan fingerprint density at radius 3 is 2.53 bits per heavy atom. The fourth-order valence-electron chi connectivity index (χ4n) is 4.91. The zero-order chi connectivity index (χ0) is 21.9. The van der Waals surface area contributed by atoms with E-state index in [1.54, 1.807) is 23.2 Å². The number of likely N-dealkylation sites (tertiary alicyclic amines) is 1. The summed E-state index contributed by atoms with van der Waals surface area (Å²) in [6, 6.07) is 17.7. The number of benzene rings is 1. The highest BCUT2D eigenvalue weighted by atomic mass is 16.3. The number of amides is 2. The molecular weight excluding hydrogens is 402 g/mol. The van der Waals surface area contributed by atoms with Gasteiger partial charge in [-0.3, -0.25) is 14.6 Å². The minimum atomic E-state index is -0.440. The van der Waals surface area contributed by atoms with Crippen molar-refractivity contribution in [1.82, 2.24) is 14.8 Å². The Morgan fingerprint density at radius 2 is 1.78 bits per heavy atom. The first kappa shape index (κ1) is 20.5. The molecular formula is C26H27N3O3. The third kappa shape index (κ3) is 4.17. The van der Waals surface area contributed by atoms with Crippen LogP contribution >= 0.6 is 0 Å². The van der Waals surface area contributed by atoms with Crippen LogP contribution in [0.2, 0.25) is 0 Å². The van der Waals surface area contributed by atoms with E-state index in [-0.39, 0.29) is 11.8 Å². The summed E-state index contributed by atoms with van der Waals surface area (Å²) in [6.07, 6.45) is 6.28. The molecule has 164 valence electrons. The van der Waals surface area contributed by atoms with E-state index in [1.165, 1.54) is 11.8 Å². The van der Waals surface area contributed by atoms with E-state index in [9.17, 15) is 9.59 Å². The number of furan rings is 1. The van der Waals surface area contributed by atoms with Gasteiger partial charge in [0.25, 0.3) is 5.91 Å². The number of piperidine rings is 1. The zero-order valence-corrected chi connectivity index (χ0v) is 18.0. The van der Waals surface area contributed by atoms with Crippen molar-refractivity contribution in [3.05, 3.63) is 89.6 Å². The van der Waals surface area contributed by atoms with Gasteiger partial charge in [0.1, 0.15) is 0 Å². The van der Waals surface area contributed by atoms with Crippen molar-refractivity contribution >= 4 is 11.8 Å². The molecule has 6 nitrogen and oxygen atoms in total. The van der Waals surface area contributed by atoms with Crippen molar-refractivity contribution in [2.24, 2.45) is 5.92 Å². The van der Waals surface area contributed by atoms with Crippen molar-refractivity contribution in [2.45, 2.75) is 31.7 Å². The SMILES string of the molecule is O=C(c1ccco1)N1Cc2cccnc2C(C(=O)N2CCC(Cc3ccccc3)CC2)C1. The fraction of sp³-hybridized carbons (Fsp3) is 0.346. The van der Waals surface area contributed by atoms with Gasteiger partial charge in [0.15, 0.2) is 5.76 Å². The van der Waals surface area contributed by atoms with Crippen LogP contribution in [0.25, 0.3) is 0 Å². The van der Waals surface area contributed by atoms with Gasteiger partial charge in [-0.05, 0) is 54.5 Å². The van der Waals surface area contributed by atoms with Gasteiger partial charge in [0.05, 0.1) is 17.9 Å². The zero-order valence-electron chi connectivity index (χ0n) is 18.0. The summed E-state index contributed by atoms with van der Waals surface area (Å²) in [5.74, 6) is 0.328. The molecule has 0 bridgehead atoms. The van der Waals surface area contributed by atoms with E-state index in [0.717, 1.165) is 43.6 Å². The summed E-state index contributed by atoms with van der Waals surface area (Å²) in [5.41, 5.74) is 3.08. The molecule has 1 aromatic carbocycles. The molecule has 2 aliphatic heterocycles. The summed E-state index contributed by atoms with van der Waals surface area (Å²) in [5, 5.41) is 0. The number of pyridine rings is 1. The first-order chi connectivity index (χ1) is 15.7. The van der Waals surface area contributed by atoms with E-state index in [0.29, 0.717) is 24.8 Å². The van der Waals surface area contributed by atoms with Crippen molar-refractivity contribution < 1.29 is 14.0 Å². The molecule has 2 aromatic heterocycles. The summed E-state index contributed by atoms with van der Waals surface area (Å²) >= 11 is 0. The third-order valence-corrected chi connectivity index (χ3v) is 6.63. The molecule has 1 saturated heterocycles. The van der Waals surface area contributed by atoms with Gasteiger partial charge in [-0.15, -0.1) is 0 Å². The molecule has 1 fully saturated rings. The van der Waals surface area contributed by atoms with Crippen LogP contribution in [0.1, 0.15) is 46.1 Å². The van der Waals surface area contributed by atoms with Gasteiger partial charge >= 0.3 is 0 Å². The number of carbonyl (C=O) groups excluding carboxylic acids is 2. The summed E-state index contributed by atoms with van der Waals surface area (Å²) in [6.45, 7) is 2.26. The number of rotatable bonds is 4. The van der Waals surface area contributed by atoms with Crippen LogP contribution in [0.4, 0.5) is 0 Å². The van der Waals surface area contributed by atoms with Gasteiger partial charge in [-0.1, -0.05) is 36.4 Å². The van der Waals surface area contributed by atoms with Crippen LogP contribution in [0.5, 0.6) is 0 Å². The normalized spacial score (nSPS) is 18.9. The molecule has 5 rings (SSSR count). The highest BCUT2D eigenvalue weighted by Gasteiger charge is 2.37. The van der Waals surface area contributed by atoms with Gasteiger partial charge in [-0.2, -0.15) is 0 Å². The van der Waals surface area contributed by atoms with Crippen LogP contribution < -0.4 is 0 Å². The second kappa shape index (κ2) is 8.99. The molecule has 2 aliphatic rings.